The van der Waals surface area contributed by atoms with E-state index in [1.165, 1.54) is 5.57 Å². The summed E-state index contributed by atoms with van der Waals surface area (Å²) in [6.07, 6.45) is 8.82. The summed E-state index contributed by atoms with van der Waals surface area (Å²) in [4.78, 5) is 0. The molecule has 0 radical (unpaired) electrons. The summed E-state index contributed by atoms with van der Waals surface area (Å²) < 4.78 is 0. The van der Waals surface area contributed by atoms with Gasteiger partial charge in [0.25, 0.3) is 0 Å². The molecular weight excluding hydrogens is 140 g/mol. The van der Waals surface area contributed by atoms with Gasteiger partial charge in [-0.3, -0.25) is 0 Å². The van der Waals surface area contributed by atoms with Crippen LogP contribution < -0.4 is 0 Å². The SMILES string of the molecule is CSC1C(C)=CC=CC1C. The van der Waals surface area contributed by atoms with Crippen molar-refractivity contribution in [2.24, 2.45) is 5.92 Å². The van der Waals surface area contributed by atoms with Crippen molar-refractivity contribution in [3.8, 4) is 0 Å². The van der Waals surface area contributed by atoms with Gasteiger partial charge < -0.3 is 0 Å². The molecule has 10 heavy (non-hydrogen) atoms. The first kappa shape index (κ1) is 7.93. The number of allylic oxidation sites excluding steroid dienone is 3. The molecule has 0 aromatic heterocycles. The Morgan fingerprint density at radius 1 is 1.50 bits per heavy atom. The quantitative estimate of drug-likeness (QED) is 0.559. The summed E-state index contributed by atoms with van der Waals surface area (Å²) in [5.41, 5.74) is 1.50. The lowest BCUT2D eigenvalue weighted by Crippen LogP contribution is -2.15. The minimum Gasteiger partial charge on any atom is -0.157 e. The van der Waals surface area contributed by atoms with E-state index >= 15 is 0 Å². The normalized spacial score (nSPS) is 32.1. The van der Waals surface area contributed by atoms with Gasteiger partial charge in [-0.15, -0.1) is 0 Å². The average Bonchev–Trinajstić information content (AvgIpc) is 1.88. The zero-order valence-corrected chi connectivity index (χ0v) is 7.61. The van der Waals surface area contributed by atoms with Crippen molar-refractivity contribution in [2.45, 2.75) is 19.1 Å². The second-order valence-corrected chi connectivity index (χ2v) is 3.79. The maximum absolute atomic E-state index is 2.27. The molecule has 0 heterocycles. The van der Waals surface area contributed by atoms with Crippen LogP contribution in [0.4, 0.5) is 0 Å². The highest BCUT2D eigenvalue weighted by atomic mass is 32.2. The van der Waals surface area contributed by atoms with E-state index in [1.807, 2.05) is 11.8 Å². The highest BCUT2D eigenvalue weighted by Crippen LogP contribution is 2.28. The Morgan fingerprint density at radius 2 is 2.20 bits per heavy atom. The summed E-state index contributed by atoms with van der Waals surface area (Å²) in [5.74, 6) is 0.708. The van der Waals surface area contributed by atoms with Gasteiger partial charge in [-0.1, -0.05) is 30.7 Å². The molecule has 1 aliphatic carbocycles. The van der Waals surface area contributed by atoms with E-state index in [1.54, 1.807) is 0 Å². The molecule has 0 aromatic carbocycles. The topological polar surface area (TPSA) is 0 Å². The van der Waals surface area contributed by atoms with Crippen molar-refractivity contribution >= 4 is 11.8 Å². The number of thioether (sulfide) groups is 1. The van der Waals surface area contributed by atoms with E-state index < -0.39 is 0 Å². The van der Waals surface area contributed by atoms with Crippen LogP contribution in [0.1, 0.15) is 13.8 Å². The van der Waals surface area contributed by atoms with Gasteiger partial charge in [-0.25, -0.2) is 0 Å². The third kappa shape index (κ3) is 1.46. The molecule has 1 aliphatic rings. The molecule has 0 aromatic rings. The number of rotatable bonds is 1. The van der Waals surface area contributed by atoms with Crippen molar-refractivity contribution < 1.29 is 0 Å². The maximum atomic E-state index is 2.27. The number of hydrogen-bond donors (Lipinski definition) is 0. The van der Waals surface area contributed by atoms with E-state index in [0.717, 1.165) is 0 Å². The van der Waals surface area contributed by atoms with Crippen LogP contribution in [0.3, 0.4) is 0 Å². The maximum Gasteiger partial charge on any atom is 0.0314 e. The second-order valence-electron chi connectivity index (χ2n) is 2.81. The Hall–Kier alpha value is -0.170. The van der Waals surface area contributed by atoms with Gasteiger partial charge in [0.2, 0.25) is 0 Å². The van der Waals surface area contributed by atoms with Crippen LogP contribution >= 0.6 is 11.8 Å². The molecule has 0 spiro atoms. The highest BCUT2D eigenvalue weighted by Gasteiger charge is 2.16. The van der Waals surface area contributed by atoms with Crippen molar-refractivity contribution in [3.63, 3.8) is 0 Å². The van der Waals surface area contributed by atoms with Crippen molar-refractivity contribution in [1.29, 1.82) is 0 Å². The molecule has 0 amide bonds. The third-order valence-corrected chi connectivity index (χ3v) is 3.26. The Balaban J connectivity index is 2.71. The summed E-state index contributed by atoms with van der Waals surface area (Å²) in [6.45, 7) is 4.48. The monoisotopic (exact) mass is 154 g/mol. The molecule has 0 bridgehead atoms. The van der Waals surface area contributed by atoms with E-state index in [0.29, 0.717) is 11.2 Å². The summed E-state index contributed by atoms with van der Waals surface area (Å²) >= 11 is 1.94. The summed E-state index contributed by atoms with van der Waals surface area (Å²) in [5, 5.41) is 0.713. The van der Waals surface area contributed by atoms with Crippen LogP contribution in [0.25, 0.3) is 0 Å². The molecular formula is C9H14S. The molecule has 0 saturated heterocycles. The van der Waals surface area contributed by atoms with Gasteiger partial charge in [-0.2, -0.15) is 11.8 Å². The van der Waals surface area contributed by atoms with Gasteiger partial charge in [0.15, 0.2) is 0 Å². The van der Waals surface area contributed by atoms with Gasteiger partial charge in [0.1, 0.15) is 0 Å². The predicted molar refractivity (Wildman–Crippen MR) is 49.4 cm³/mol. The van der Waals surface area contributed by atoms with Gasteiger partial charge in [0, 0.05) is 5.25 Å². The van der Waals surface area contributed by atoms with Crippen molar-refractivity contribution in [1.82, 2.24) is 0 Å². The van der Waals surface area contributed by atoms with Crippen molar-refractivity contribution in [2.75, 3.05) is 6.26 Å². The lowest BCUT2D eigenvalue weighted by atomic mass is 9.96. The fourth-order valence-electron chi connectivity index (χ4n) is 1.39. The van der Waals surface area contributed by atoms with Crippen LogP contribution in [0.2, 0.25) is 0 Å². The lowest BCUT2D eigenvalue weighted by Gasteiger charge is -2.22. The molecule has 1 rings (SSSR count). The summed E-state index contributed by atoms with van der Waals surface area (Å²) in [6, 6.07) is 0. The standard InChI is InChI=1S/C9H14S/c1-7-5-4-6-8(2)9(7)10-3/h4-7,9H,1-3H3. The van der Waals surface area contributed by atoms with Crippen LogP contribution in [-0.2, 0) is 0 Å². The Labute approximate surface area is 67.4 Å². The smallest absolute Gasteiger partial charge is 0.0314 e. The zero-order valence-electron chi connectivity index (χ0n) is 6.79. The minimum absolute atomic E-state index is 0.708. The van der Waals surface area contributed by atoms with Crippen molar-refractivity contribution in [3.05, 3.63) is 23.8 Å². The predicted octanol–water partition coefficient (Wildman–Crippen LogP) is 2.87. The first-order valence-electron chi connectivity index (χ1n) is 3.63. The highest BCUT2D eigenvalue weighted by molar-refractivity contribution is 7.99. The molecule has 0 saturated carbocycles. The summed E-state index contributed by atoms with van der Waals surface area (Å²) in [7, 11) is 0. The molecule has 2 unspecified atom stereocenters. The van der Waals surface area contributed by atoms with Crippen LogP contribution in [0.5, 0.6) is 0 Å². The first-order valence-corrected chi connectivity index (χ1v) is 4.92. The molecule has 0 N–H and O–H groups in total. The molecule has 0 fully saturated rings. The van der Waals surface area contributed by atoms with Crippen LogP contribution in [0, 0.1) is 5.92 Å². The fourth-order valence-corrected chi connectivity index (χ4v) is 2.36. The Bertz CT molecular complexity index is 168. The zero-order chi connectivity index (χ0) is 7.56. The average molecular weight is 154 g/mol. The first-order chi connectivity index (χ1) is 4.75. The molecule has 0 nitrogen and oxygen atoms in total. The minimum atomic E-state index is 0.708. The van der Waals surface area contributed by atoms with E-state index in [9.17, 15) is 0 Å². The van der Waals surface area contributed by atoms with Crippen LogP contribution in [-0.4, -0.2) is 11.5 Å². The van der Waals surface area contributed by atoms with Gasteiger partial charge >= 0.3 is 0 Å². The second kappa shape index (κ2) is 3.29. The largest absolute Gasteiger partial charge is 0.157 e. The molecule has 2 atom stereocenters. The molecule has 56 valence electrons. The third-order valence-electron chi connectivity index (χ3n) is 1.95. The van der Waals surface area contributed by atoms with Crippen LogP contribution in [0.15, 0.2) is 23.8 Å². The van der Waals surface area contributed by atoms with E-state index in [-0.39, 0.29) is 0 Å². The Kier molecular flexibility index (Phi) is 2.61. The molecule has 0 aliphatic heterocycles. The fraction of sp³-hybridized carbons (Fsp3) is 0.556. The number of hydrogen-bond acceptors (Lipinski definition) is 1. The lowest BCUT2D eigenvalue weighted by molar-refractivity contribution is 0.725. The van der Waals surface area contributed by atoms with Gasteiger partial charge in [0.05, 0.1) is 0 Å². The van der Waals surface area contributed by atoms with E-state index in [4.69, 9.17) is 0 Å². The van der Waals surface area contributed by atoms with Gasteiger partial charge in [-0.05, 0) is 19.1 Å². The molecule has 1 heteroatoms. The van der Waals surface area contributed by atoms with E-state index in [2.05, 4.69) is 38.3 Å². The Morgan fingerprint density at radius 3 is 2.60 bits per heavy atom.